The highest BCUT2D eigenvalue weighted by molar-refractivity contribution is 6.03. The summed E-state index contributed by atoms with van der Waals surface area (Å²) in [6.45, 7) is 3.96. The van der Waals surface area contributed by atoms with Crippen LogP contribution in [-0.4, -0.2) is 10.8 Å². The molecule has 0 saturated carbocycles. The zero-order valence-electron chi connectivity index (χ0n) is 14.9. The van der Waals surface area contributed by atoms with E-state index in [9.17, 15) is 14.9 Å². The number of benzene rings is 2. The molecule has 0 radical (unpaired) electrons. The van der Waals surface area contributed by atoms with Gasteiger partial charge >= 0.3 is 0 Å². The van der Waals surface area contributed by atoms with Gasteiger partial charge in [0.15, 0.2) is 5.76 Å². The van der Waals surface area contributed by atoms with Gasteiger partial charge in [-0.1, -0.05) is 18.2 Å². The van der Waals surface area contributed by atoms with E-state index in [1.54, 1.807) is 12.1 Å². The summed E-state index contributed by atoms with van der Waals surface area (Å²) in [5.74, 6) is 0.785. The number of hydrogen-bond acceptors (Lipinski definition) is 5. The molecule has 0 atom stereocenters. The average Bonchev–Trinajstić information content (AvgIpc) is 3.12. The summed E-state index contributed by atoms with van der Waals surface area (Å²) in [5.41, 5.74) is 2.70. The minimum atomic E-state index is -0.475. The summed E-state index contributed by atoms with van der Waals surface area (Å²) in [6, 6.07) is 14.8. The Bertz CT molecular complexity index is 956. The van der Waals surface area contributed by atoms with Gasteiger partial charge in [0, 0.05) is 17.8 Å². The van der Waals surface area contributed by atoms with Crippen LogP contribution < -0.4 is 10.1 Å². The number of nitro groups is 1. The number of non-ortho nitro benzene ring substituents is 1. The van der Waals surface area contributed by atoms with E-state index in [-0.39, 0.29) is 24.0 Å². The van der Waals surface area contributed by atoms with E-state index in [2.05, 4.69) is 5.32 Å². The lowest BCUT2D eigenvalue weighted by Crippen LogP contribution is -2.13. The maximum atomic E-state index is 12.4. The molecule has 0 fully saturated rings. The van der Waals surface area contributed by atoms with Crippen LogP contribution in [0.3, 0.4) is 0 Å². The molecule has 1 heterocycles. The molecule has 1 amide bonds. The van der Waals surface area contributed by atoms with Gasteiger partial charge < -0.3 is 14.5 Å². The standard InChI is InChI=1S/C20H18N2O5/c1-13-4-3-5-14(2)19(13)21-20(23)18-11-10-17(27-18)12-26-16-8-6-15(7-9-16)22(24)25/h3-11H,12H2,1-2H3,(H,21,23). The van der Waals surface area contributed by atoms with Crippen molar-refractivity contribution in [2.75, 3.05) is 5.32 Å². The Morgan fingerprint density at radius 3 is 2.37 bits per heavy atom. The Hall–Kier alpha value is -3.61. The molecule has 3 aromatic rings. The normalized spacial score (nSPS) is 10.4. The van der Waals surface area contributed by atoms with Crippen molar-refractivity contribution < 1.29 is 18.9 Å². The Morgan fingerprint density at radius 1 is 1.07 bits per heavy atom. The molecule has 0 saturated heterocycles. The van der Waals surface area contributed by atoms with Gasteiger partial charge in [0.05, 0.1) is 4.92 Å². The van der Waals surface area contributed by atoms with Crippen molar-refractivity contribution in [3.8, 4) is 5.75 Å². The predicted octanol–water partition coefficient (Wildman–Crippen LogP) is 4.64. The van der Waals surface area contributed by atoms with Crippen molar-refractivity contribution in [3.05, 3.63) is 87.4 Å². The first-order chi connectivity index (χ1) is 12.9. The number of furan rings is 1. The first-order valence-corrected chi connectivity index (χ1v) is 8.27. The van der Waals surface area contributed by atoms with Crippen LogP contribution in [0, 0.1) is 24.0 Å². The lowest BCUT2D eigenvalue weighted by Gasteiger charge is -2.10. The van der Waals surface area contributed by atoms with Crippen molar-refractivity contribution in [1.29, 1.82) is 0 Å². The minimum Gasteiger partial charge on any atom is -0.486 e. The van der Waals surface area contributed by atoms with Crippen molar-refractivity contribution in [3.63, 3.8) is 0 Å². The second-order valence-electron chi connectivity index (χ2n) is 6.03. The largest absolute Gasteiger partial charge is 0.486 e. The van der Waals surface area contributed by atoms with Gasteiger partial charge in [-0.25, -0.2) is 0 Å². The quantitative estimate of drug-likeness (QED) is 0.507. The Kier molecular flexibility index (Phi) is 5.21. The summed E-state index contributed by atoms with van der Waals surface area (Å²) in [7, 11) is 0. The van der Waals surface area contributed by atoms with Crippen molar-refractivity contribution in [2.24, 2.45) is 0 Å². The van der Waals surface area contributed by atoms with Gasteiger partial charge in [0.2, 0.25) is 0 Å². The fourth-order valence-corrected chi connectivity index (χ4v) is 2.58. The molecule has 3 rings (SSSR count). The van der Waals surface area contributed by atoms with Gasteiger partial charge in [-0.3, -0.25) is 14.9 Å². The van der Waals surface area contributed by atoms with Gasteiger partial charge in [-0.15, -0.1) is 0 Å². The smallest absolute Gasteiger partial charge is 0.291 e. The molecule has 7 nitrogen and oxygen atoms in total. The van der Waals surface area contributed by atoms with Crippen LogP contribution in [0.2, 0.25) is 0 Å². The lowest BCUT2D eigenvalue weighted by atomic mass is 10.1. The molecule has 2 aromatic carbocycles. The molecule has 0 aliphatic carbocycles. The molecule has 0 aliphatic heterocycles. The van der Waals surface area contributed by atoms with E-state index in [1.165, 1.54) is 24.3 Å². The van der Waals surface area contributed by atoms with Crippen LogP contribution in [0.25, 0.3) is 0 Å². The third-order valence-corrected chi connectivity index (χ3v) is 4.03. The maximum Gasteiger partial charge on any atom is 0.291 e. The van der Waals surface area contributed by atoms with Crippen molar-refractivity contribution >= 4 is 17.3 Å². The van der Waals surface area contributed by atoms with Gasteiger partial charge in [-0.2, -0.15) is 0 Å². The SMILES string of the molecule is Cc1cccc(C)c1NC(=O)c1ccc(COc2ccc([N+](=O)[O-])cc2)o1. The molecule has 0 spiro atoms. The molecule has 27 heavy (non-hydrogen) atoms. The van der Waals surface area contributed by atoms with Crippen LogP contribution >= 0.6 is 0 Å². The van der Waals surface area contributed by atoms with Crippen molar-refractivity contribution in [1.82, 2.24) is 0 Å². The summed E-state index contributed by atoms with van der Waals surface area (Å²) >= 11 is 0. The molecule has 0 unspecified atom stereocenters. The number of nitrogens with one attached hydrogen (secondary N) is 1. The third kappa shape index (κ3) is 4.33. The number of para-hydroxylation sites is 1. The Balaban J connectivity index is 1.62. The number of carbonyl (C=O) groups excluding carboxylic acids is 1. The molecule has 0 bridgehead atoms. The second kappa shape index (κ2) is 7.74. The number of nitrogens with zero attached hydrogens (tertiary/aromatic N) is 1. The van der Waals surface area contributed by atoms with E-state index >= 15 is 0 Å². The zero-order valence-corrected chi connectivity index (χ0v) is 14.9. The summed E-state index contributed by atoms with van der Waals surface area (Å²) < 4.78 is 11.1. The van der Waals surface area contributed by atoms with Crippen molar-refractivity contribution in [2.45, 2.75) is 20.5 Å². The van der Waals surface area contributed by atoms with Crippen LogP contribution in [0.4, 0.5) is 11.4 Å². The maximum absolute atomic E-state index is 12.4. The van der Waals surface area contributed by atoms with Crippen LogP contribution in [0.15, 0.2) is 59.0 Å². The van der Waals surface area contributed by atoms with Gasteiger partial charge in [-0.05, 0) is 49.2 Å². The number of aryl methyl sites for hydroxylation is 2. The molecule has 0 aliphatic rings. The number of nitro benzene ring substituents is 1. The van der Waals surface area contributed by atoms with Gasteiger partial charge in [0.25, 0.3) is 11.6 Å². The van der Waals surface area contributed by atoms with E-state index in [1.807, 2.05) is 32.0 Å². The molecule has 7 heteroatoms. The number of rotatable bonds is 6. The fourth-order valence-electron chi connectivity index (χ4n) is 2.58. The predicted molar refractivity (Wildman–Crippen MR) is 100 cm³/mol. The summed E-state index contributed by atoms with van der Waals surface area (Å²) in [4.78, 5) is 22.6. The molecule has 1 N–H and O–H groups in total. The fraction of sp³-hybridized carbons (Fsp3) is 0.150. The van der Waals surface area contributed by atoms with Gasteiger partial charge in [0.1, 0.15) is 18.1 Å². The molecular weight excluding hydrogens is 348 g/mol. The third-order valence-electron chi connectivity index (χ3n) is 4.03. The summed E-state index contributed by atoms with van der Waals surface area (Å²) in [6.07, 6.45) is 0. The second-order valence-corrected chi connectivity index (χ2v) is 6.03. The Labute approximate surface area is 155 Å². The highest BCUT2D eigenvalue weighted by atomic mass is 16.6. The molecule has 1 aromatic heterocycles. The average molecular weight is 366 g/mol. The lowest BCUT2D eigenvalue weighted by molar-refractivity contribution is -0.384. The number of anilines is 1. The number of hydrogen-bond donors (Lipinski definition) is 1. The van der Waals surface area contributed by atoms with Crippen LogP contribution in [0.5, 0.6) is 5.75 Å². The number of carbonyl (C=O) groups is 1. The van der Waals surface area contributed by atoms with Crippen LogP contribution in [0.1, 0.15) is 27.4 Å². The molecular formula is C20H18N2O5. The highest BCUT2D eigenvalue weighted by Gasteiger charge is 2.14. The molecule has 138 valence electrons. The van der Waals surface area contributed by atoms with E-state index in [4.69, 9.17) is 9.15 Å². The van der Waals surface area contributed by atoms with E-state index < -0.39 is 4.92 Å². The Morgan fingerprint density at radius 2 is 1.74 bits per heavy atom. The zero-order chi connectivity index (χ0) is 19.4. The number of amides is 1. The van der Waals surface area contributed by atoms with Crippen LogP contribution in [-0.2, 0) is 6.61 Å². The topological polar surface area (TPSA) is 94.6 Å². The minimum absolute atomic E-state index is 0.00851. The number of ether oxygens (including phenoxy) is 1. The van der Waals surface area contributed by atoms with E-state index in [0.29, 0.717) is 11.5 Å². The highest BCUT2D eigenvalue weighted by Crippen LogP contribution is 2.22. The first kappa shape index (κ1) is 18.2. The first-order valence-electron chi connectivity index (χ1n) is 8.27. The monoisotopic (exact) mass is 366 g/mol. The summed E-state index contributed by atoms with van der Waals surface area (Å²) in [5, 5.41) is 13.5. The van der Waals surface area contributed by atoms with E-state index in [0.717, 1.165) is 16.8 Å².